The Morgan fingerprint density at radius 2 is 1.80 bits per heavy atom. The summed E-state index contributed by atoms with van der Waals surface area (Å²) >= 11 is 0. The van der Waals surface area contributed by atoms with Crippen molar-refractivity contribution in [3.8, 4) is 0 Å². The maximum Gasteiger partial charge on any atom is 0.244 e. The summed E-state index contributed by atoms with van der Waals surface area (Å²) in [6.07, 6.45) is 5.24. The largest absolute Gasteiger partial charge is 0.344 e. The summed E-state index contributed by atoms with van der Waals surface area (Å²) in [5.41, 5.74) is 2.98. The molecule has 1 amide bonds. The standard InChI is InChI=1S/C25H28N4O/c1-28-15-17-29(18-16-28)19-23(20-7-3-2-4-8-20)27-24(30)13-12-22-10-5-9-21-11-6-14-26-25(21)22/h2-14,23H,15-19H2,1H3,(H,27,30)/b13-12+. The van der Waals surface area contributed by atoms with Crippen LogP contribution >= 0.6 is 0 Å². The Bertz CT molecular complexity index is 1000. The van der Waals surface area contributed by atoms with Crippen LogP contribution in [0.15, 0.2) is 72.9 Å². The van der Waals surface area contributed by atoms with Crippen molar-refractivity contribution in [2.75, 3.05) is 39.8 Å². The number of pyridine rings is 1. The summed E-state index contributed by atoms with van der Waals surface area (Å²) in [6.45, 7) is 4.97. The molecule has 30 heavy (non-hydrogen) atoms. The van der Waals surface area contributed by atoms with Gasteiger partial charge in [0.25, 0.3) is 0 Å². The lowest BCUT2D eigenvalue weighted by atomic mass is 10.1. The molecule has 0 radical (unpaired) electrons. The highest BCUT2D eigenvalue weighted by Crippen LogP contribution is 2.18. The molecule has 1 aromatic heterocycles. The molecule has 1 aliphatic heterocycles. The smallest absolute Gasteiger partial charge is 0.244 e. The van der Waals surface area contributed by atoms with Crippen LogP contribution in [0.2, 0.25) is 0 Å². The van der Waals surface area contributed by atoms with Crippen molar-refractivity contribution in [1.29, 1.82) is 0 Å². The molecule has 1 atom stereocenters. The molecule has 2 aromatic carbocycles. The molecule has 2 heterocycles. The van der Waals surface area contributed by atoms with Gasteiger partial charge in [-0.2, -0.15) is 0 Å². The topological polar surface area (TPSA) is 48.5 Å². The summed E-state index contributed by atoms with van der Waals surface area (Å²) < 4.78 is 0. The van der Waals surface area contributed by atoms with Crippen molar-refractivity contribution in [3.05, 3.63) is 84.1 Å². The van der Waals surface area contributed by atoms with E-state index in [1.165, 1.54) is 0 Å². The average Bonchev–Trinajstić information content (AvgIpc) is 2.79. The number of rotatable bonds is 6. The second kappa shape index (κ2) is 9.65. The molecule has 5 heteroatoms. The van der Waals surface area contributed by atoms with Crippen LogP contribution in [-0.2, 0) is 4.79 Å². The minimum absolute atomic E-state index is 0.0441. The summed E-state index contributed by atoms with van der Waals surface area (Å²) in [5, 5.41) is 4.28. The Labute approximate surface area is 178 Å². The molecule has 1 N–H and O–H groups in total. The molecule has 1 aliphatic rings. The van der Waals surface area contributed by atoms with Crippen LogP contribution in [-0.4, -0.2) is 60.5 Å². The second-order valence-corrected chi connectivity index (χ2v) is 7.83. The van der Waals surface area contributed by atoms with Gasteiger partial charge in [0.1, 0.15) is 0 Å². The van der Waals surface area contributed by atoms with E-state index in [4.69, 9.17) is 0 Å². The van der Waals surface area contributed by atoms with Gasteiger partial charge in [-0.15, -0.1) is 0 Å². The lowest BCUT2D eigenvalue weighted by Gasteiger charge is -2.34. The summed E-state index contributed by atoms with van der Waals surface area (Å²) in [5.74, 6) is -0.0917. The van der Waals surface area contributed by atoms with Gasteiger partial charge >= 0.3 is 0 Å². The predicted octanol–water partition coefficient (Wildman–Crippen LogP) is 3.35. The van der Waals surface area contributed by atoms with Gasteiger partial charge in [0.15, 0.2) is 0 Å². The van der Waals surface area contributed by atoms with E-state index in [1.807, 2.05) is 54.6 Å². The van der Waals surface area contributed by atoms with E-state index in [1.54, 1.807) is 12.3 Å². The normalized spacial score (nSPS) is 16.7. The molecule has 0 bridgehead atoms. The number of hydrogen-bond donors (Lipinski definition) is 1. The molecule has 1 saturated heterocycles. The first-order valence-corrected chi connectivity index (χ1v) is 10.5. The average molecular weight is 401 g/mol. The van der Waals surface area contributed by atoms with Gasteiger partial charge in [0, 0.05) is 55.9 Å². The lowest BCUT2D eigenvalue weighted by molar-refractivity contribution is -0.117. The molecule has 0 saturated carbocycles. The number of benzene rings is 2. The number of fused-ring (bicyclic) bond motifs is 1. The number of hydrogen-bond acceptors (Lipinski definition) is 4. The Balaban J connectivity index is 1.48. The number of nitrogens with one attached hydrogen (secondary N) is 1. The summed E-state index contributed by atoms with van der Waals surface area (Å²) in [6, 6.07) is 20.1. The van der Waals surface area contributed by atoms with Crippen molar-refractivity contribution < 1.29 is 4.79 Å². The molecular weight excluding hydrogens is 372 g/mol. The second-order valence-electron chi connectivity index (χ2n) is 7.83. The van der Waals surface area contributed by atoms with E-state index in [0.29, 0.717) is 0 Å². The van der Waals surface area contributed by atoms with Gasteiger partial charge in [-0.3, -0.25) is 14.7 Å². The molecule has 1 fully saturated rings. The van der Waals surface area contributed by atoms with E-state index in [0.717, 1.165) is 54.8 Å². The number of carbonyl (C=O) groups is 1. The SMILES string of the molecule is CN1CCN(CC(NC(=O)/C=C/c2cccc3cccnc23)c2ccccc2)CC1. The Kier molecular flexibility index (Phi) is 6.52. The molecule has 154 valence electrons. The molecular formula is C25H28N4O. The van der Waals surface area contributed by atoms with Crippen molar-refractivity contribution in [1.82, 2.24) is 20.1 Å². The van der Waals surface area contributed by atoms with E-state index in [2.05, 4.69) is 39.3 Å². The first-order valence-electron chi connectivity index (χ1n) is 10.5. The van der Waals surface area contributed by atoms with E-state index < -0.39 is 0 Å². The van der Waals surface area contributed by atoms with E-state index >= 15 is 0 Å². The van der Waals surface area contributed by atoms with Crippen molar-refractivity contribution in [2.24, 2.45) is 0 Å². The maximum absolute atomic E-state index is 12.8. The van der Waals surface area contributed by atoms with Crippen molar-refractivity contribution >= 4 is 22.9 Å². The molecule has 5 nitrogen and oxygen atoms in total. The number of nitrogens with zero attached hydrogens (tertiary/aromatic N) is 3. The van der Waals surface area contributed by atoms with Crippen molar-refractivity contribution in [3.63, 3.8) is 0 Å². The van der Waals surface area contributed by atoms with E-state index in [-0.39, 0.29) is 11.9 Å². The van der Waals surface area contributed by atoms with Gasteiger partial charge in [-0.05, 0) is 24.8 Å². The predicted molar refractivity (Wildman–Crippen MR) is 122 cm³/mol. The summed E-state index contributed by atoms with van der Waals surface area (Å²) in [4.78, 5) is 22.0. The highest BCUT2D eigenvalue weighted by molar-refractivity contribution is 5.95. The number of amides is 1. The number of para-hydroxylation sites is 1. The third-order valence-electron chi connectivity index (χ3n) is 5.63. The minimum Gasteiger partial charge on any atom is -0.344 e. The van der Waals surface area contributed by atoms with Crippen LogP contribution in [0, 0.1) is 0 Å². The third kappa shape index (κ3) is 5.12. The van der Waals surface area contributed by atoms with Gasteiger partial charge in [-0.25, -0.2) is 0 Å². The van der Waals surface area contributed by atoms with Gasteiger partial charge in [-0.1, -0.05) is 54.6 Å². The first-order chi connectivity index (χ1) is 14.7. The highest BCUT2D eigenvalue weighted by atomic mass is 16.1. The van der Waals surface area contributed by atoms with Gasteiger partial charge in [0.2, 0.25) is 5.91 Å². The zero-order chi connectivity index (χ0) is 20.8. The molecule has 0 spiro atoms. The zero-order valence-electron chi connectivity index (χ0n) is 17.4. The molecule has 0 aliphatic carbocycles. The molecule has 1 unspecified atom stereocenters. The fourth-order valence-electron chi connectivity index (χ4n) is 3.86. The van der Waals surface area contributed by atoms with Crippen LogP contribution in [0.5, 0.6) is 0 Å². The van der Waals surface area contributed by atoms with Crippen LogP contribution in [0.4, 0.5) is 0 Å². The van der Waals surface area contributed by atoms with Crippen LogP contribution in [0.25, 0.3) is 17.0 Å². The fourth-order valence-corrected chi connectivity index (χ4v) is 3.86. The Hall–Kier alpha value is -3.02. The monoisotopic (exact) mass is 400 g/mol. The quantitative estimate of drug-likeness (QED) is 0.645. The lowest BCUT2D eigenvalue weighted by Crippen LogP contribution is -2.47. The third-order valence-corrected chi connectivity index (χ3v) is 5.63. The number of carbonyl (C=O) groups excluding carboxylic acids is 1. The number of piperazine rings is 1. The van der Waals surface area contributed by atoms with E-state index in [9.17, 15) is 4.79 Å². The highest BCUT2D eigenvalue weighted by Gasteiger charge is 2.20. The van der Waals surface area contributed by atoms with Crippen LogP contribution in [0.3, 0.4) is 0 Å². The minimum atomic E-state index is -0.0917. The first kappa shape index (κ1) is 20.3. The van der Waals surface area contributed by atoms with Gasteiger partial charge in [0.05, 0.1) is 11.6 Å². The fraction of sp³-hybridized carbons (Fsp3) is 0.280. The number of likely N-dealkylation sites (N-methyl/N-ethyl adjacent to an activating group) is 1. The Morgan fingerprint density at radius 3 is 2.60 bits per heavy atom. The van der Waals surface area contributed by atoms with Crippen molar-refractivity contribution in [2.45, 2.75) is 6.04 Å². The van der Waals surface area contributed by atoms with Crippen LogP contribution < -0.4 is 5.32 Å². The van der Waals surface area contributed by atoms with Gasteiger partial charge < -0.3 is 10.2 Å². The zero-order valence-corrected chi connectivity index (χ0v) is 17.4. The maximum atomic E-state index is 12.8. The summed E-state index contributed by atoms with van der Waals surface area (Å²) in [7, 11) is 2.15. The number of aromatic nitrogens is 1. The van der Waals surface area contributed by atoms with Crippen LogP contribution in [0.1, 0.15) is 17.2 Å². The Morgan fingerprint density at radius 1 is 1.03 bits per heavy atom. The molecule has 3 aromatic rings. The molecule has 4 rings (SSSR count).